The van der Waals surface area contributed by atoms with Gasteiger partial charge in [0, 0.05) is 5.69 Å². The number of rotatable bonds is 7. The van der Waals surface area contributed by atoms with E-state index in [4.69, 9.17) is 5.73 Å². The summed E-state index contributed by atoms with van der Waals surface area (Å²) in [6, 6.07) is 17.5. The summed E-state index contributed by atoms with van der Waals surface area (Å²) in [4.78, 5) is 5.41. The van der Waals surface area contributed by atoms with Crippen LogP contribution in [0.25, 0.3) is 9.53 Å². The van der Waals surface area contributed by atoms with Gasteiger partial charge in [-0.1, -0.05) is 48.2 Å². The number of azo groups is 2. The summed E-state index contributed by atoms with van der Waals surface area (Å²) >= 11 is 2.98. The second-order valence-electron chi connectivity index (χ2n) is 6.51. The van der Waals surface area contributed by atoms with Crippen molar-refractivity contribution in [3.05, 3.63) is 60.2 Å². The lowest BCUT2D eigenvalue weighted by atomic mass is 10.1. The van der Waals surface area contributed by atoms with E-state index in [1.807, 2.05) is 30.3 Å². The third kappa shape index (κ3) is 5.10. The van der Waals surface area contributed by atoms with E-state index in [0.29, 0.717) is 10.8 Å². The molecule has 0 aliphatic heterocycles. The molecule has 4 aromatic rings. The molecular weight excluding hydrogens is 400 g/mol. The highest BCUT2D eigenvalue weighted by Crippen LogP contribution is 2.39. The number of aryl methyl sites for hydroxylation is 1. The molecule has 2 aromatic heterocycles. The molecule has 0 spiro atoms. The van der Waals surface area contributed by atoms with Crippen molar-refractivity contribution in [2.75, 3.05) is 5.73 Å². The SMILES string of the molecule is CCCCc1ccc(N=Nc2cc3sc(N=Nc4ccc(N)cc4)nc3s2)cc1. The van der Waals surface area contributed by atoms with E-state index in [9.17, 15) is 0 Å². The molecule has 0 unspecified atom stereocenters. The van der Waals surface area contributed by atoms with Gasteiger partial charge in [-0.25, -0.2) is 4.98 Å². The molecule has 0 aliphatic rings. The average molecular weight is 421 g/mol. The Balaban J connectivity index is 1.42. The maximum absolute atomic E-state index is 5.67. The minimum atomic E-state index is 0.620. The molecule has 0 saturated carbocycles. The fourth-order valence-electron chi connectivity index (χ4n) is 2.66. The number of anilines is 1. The average Bonchev–Trinajstić information content (AvgIpc) is 3.29. The van der Waals surface area contributed by atoms with Gasteiger partial charge in [-0.3, -0.25) is 0 Å². The molecular formula is C21H20N6S2. The van der Waals surface area contributed by atoms with Crippen LogP contribution in [0.2, 0.25) is 0 Å². The predicted molar refractivity (Wildman–Crippen MR) is 122 cm³/mol. The van der Waals surface area contributed by atoms with Crippen LogP contribution in [0.5, 0.6) is 0 Å². The van der Waals surface area contributed by atoms with Crippen LogP contribution in [-0.2, 0) is 6.42 Å². The van der Waals surface area contributed by atoms with Crippen LogP contribution in [0.3, 0.4) is 0 Å². The number of hydrogen-bond donors (Lipinski definition) is 1. The van der Waals surface area contributed by atoms with Gasteiger partial charge in [0.2, 0.25) is 5.13 Å². The molecule has 0 radical (unpaired) electrons. The van der Waals surface area contributed by atoms with Gasteiger partial charge in [0.05, 0.1) is 16.1 Å². The molecule has 0 amide bonds. The highest BCUT2D eigenvalue weighted by Gasteiger charge is 2.08. The van der Waals surface area contributed by atoms with Gasteiger partial charge in [0.15, 0.2) is 0 Å². The topological polar surface area (TPSA) is 88.3 Å². The van der Waals surface area contributed by atoms with Crippen molar-refractivity contribution in [1.29, 1.82) is 0 Å². The maximum atomic E-state index is 5.67. The van der Waals surface area contributed by atoms with Crippen LogP contribution in [0, 0.1) is 0 Å². The predicted octanol–water partition coefficient (Wildman–Crippen LogP) is 8.11. The highest BCUT2D eigenvalue weighted by molar-refractivity contribution is 7.30. The zero-order valence-electron chi connectivity index (χ0n) is 15.9. The second-order valence-corrected chi connectivity index (χ2v) is 8.53. The van der Waals surface area contributed by atoms with Crippen molar-refractivity contribution in [3.8, 4) is 0 Å². The number of aromatic nitrogens is 1. The molecule has 2 N–H and O–H groups in total. The number of hydrogen-bond acceptors (Lipinski definition) is 8. The third-order valence-electron chi connectivity index (χ3n) is 4.23. The number of thiazole rings is 1. The van der Waals surface area contributed by atoms with Crippen LogP contribution in [0.15, 0.2) is 75.1 Å². The Hall–Kier alpha value is -2.97. The molecule has 2 aromatic carbocycles. The summed E-state index contributed by atoms with van der Waals surface area (Å²) in [5.74, 6) is 0. The Labute approximate surface area is 176 Å². The number of nitrogens with two attached hydrogens (primary N) is 1. The molecule has 0 atom stereocenters. The Morgan fingerprint density at radius 2 is 1.55 bits per heavy atom. The van der Waals surface area contributed by atoms with E-state index in [0.717, 1.165) is 32.3 Å². The van der Waals surface area contributed by atoms with Gasteiger partial charge >= 0.3 is 0 Å². The Kier molecular flexibility index (Phi) is 6.02. The van der Waals surface area contributed by atoms with Gasteiger partial charge < -0.3 is 5.73 Å². The lowest BCUT2D eigenvalue weighted by molar-refractivity contribution is 0.795. The first kappa shape index (κ1) is 19.4. The van der Waals surface area contributed by atoms with Gasteiger partial charge in [0.1, 0.15) is 9.83 Å². The molecule has 4 rings (SSSR count). The number of unbranched alkanes of at least 4 members (excludes halogenated alkanes) is 1. The first-order chi connectivity index (χ1) is 14.2. The molecule has 29 heavy (non-hydrogen) atoms. The van der Waals surface area contributed by atoms with Crippen molar-refractivity contribution < 1.29 is 0 Å². The first-order valence-corrected chi connectivity index (χ1v) is 11.0. The summed E-state index contributed by atoms with van der Waals surface area (Å²) in [6.45, 7) is 2.20. The number of benzene rings is 2. The lowest BCUT2D eigenvalue weighted by Gasteiger charge is -1.99. The maximum Gasteiger partial charge on any atom is 0.231 e. The molecule has 6 nitrogen and oxygen atoms in total. The Morgan fingerprint density at radius 3 is 2.24 bits per heavy atom. The van der Waals surface area contributed by atoms with Gasteiger partial charge in [0.25, 0.3) is 0 Å². The van der Waals surface area contributed by atoms with Crippen molar-refractivity contribution in [2.45, 2.75) is 26.2 Å². The first-order valence-electron chi connectivity index (χ1n) is 9.38. The van der Waals surface area contributed by atoms with Gasteiger partial charge in [-0.05, 0) is 60.9 Å². The summed E-state index contributed by atoms with van der Waals surface area (Å²) in [6.07, 6.45) is 3.52. The zero-order chi connectivity index (χ0) is 20.1. The minimum absolute atomic E-state index is 0.620. The number of nitrogens with zero attached hydrogens (tertiary/aromatic N) is 5. The van der Waals surface area contributed by atoms with E-state index in [1.54, 1.807) is 12.1 Å². The fraction of sp³-hybridized carbons (Fsp3) is 0.190. The van der Waals surface area contributed by atoms with Gasteiger partial charge in [-0.15, -0.1) is 20.5 Å². The number of nitrogen functional groups attached to an aromatic ring is 1. The van der Waals surface area contributed by atoms with Crippen LogP contribution >= 0.6 is 22.7 Å². The standard InChI is InChI=1S/C21H20N6S2/c1-2-3-4-14-5-9-16(10-6-14)24-26-19-13-18-20(29-19)23-21(28-18)27-25-17-11-7-15(22)8-12-17/h5-13H,2-4,22H2,1H3. The van der Waals surface area contributed by atoms with Crippen LogP contribution < -0.4 is 5.73 Å². The number of fused-ring (bicyclic) bond motifs is 1. The Morgan fingerprint density at radius 1 is 0.862 bits per heavy atom. The normalized spacial score (nSPS) is 11.9. The zero-order valence-corrected chi connectivity index (χ0v) is 17.6. The quantitative estimate of drug-likeness (QED) is 0.242. The largest absolute Gasteiger partial charge is 0.399 e. The molecule has 0 saturated heterocycles. The highest BCUT2D eigenvalue weighted by atomic mass is 32.1. The van der Waals surface area contributed by atoms with E-state index in [-0.39, 0.29) is 0 Å². The fourth-order valence-corrected chi connectivity index (χ4v) is 4.51. The Bertz CT molecular complexity index is 1110. The number of thiophene rings is 1. The van der Waals surface area contributed by atoms with Crippen molar-refractivity contribution in [1.82, 2.24) is 4.98 Å². The van der Waals surface area contributed by atoms with Crippen LogP contribution in [0.4, 0.5) is 27.2 Å². The molecule has 0 aliphatic carbocycles. The summed E-state index contributed by atoms with van der Waals surface area (Å²) in [7, 11) is 0. The monoisotopic (exact) mass is 420 g/mol. The smallest absolute Gasteiger partial charge is 0.231 e. The van der Waals surface area contributed by atoms with Gasteiger partial charge in [-0.2, -0.15) is 0 Å². The molecule has 0 bridgehead atoms. The van der Waals surface area contributed by atoms with Crippen LogP contribution in [0.1, 0.15) is 25.3 Å². The van der Waals surface area contributed by atoms with Crippen molar-refractivity contribution >= 4 is 59.4 Å². The van der Waals surface area contributed by atoms with Crippen LogP contribution in [-0.4, -0.2) is 4.98 Å². The minimum Gasteiger partial charge on any atom is -0.399 e. The molecule has 0 fully saturated rings. The van der Waals surface area contributed by atoms with Crippen molar-refractivity contribution in [2.24, 2.45) is 20.5 Å². The summed E-state index contributed by atoms with van der Waals surface area (Å²) < 4.78 is 1.03. The second kappa shape index (κ2) is 9.02. The summed E-state index contributed by atoms with van der Waals surface area (Å²) in [5.41, 5.74) is 9.31. The van der Waals surface area contributed by atoms with E-state index >= 15 is 0 Å². The van der Waals surface area contributed by atoms with E-state index < -0.39 is 0 Å². The summed E-state index contributed by atoms with van der Waals surface area (Å²) in [5, 5.41) is 18.5. The molecule has 146 valence electrons. The molecule has 2 heterocycles. The molecule has 8 heteroatoms. The lowest BCUT2D eigenvalue weighted by Crippen LogP contribution is -1.82. The van der Waals surface area contributed by atoms with Crippen molar-refractivity contribution in [3.63, 3.8) is 0 Å². The third-order valence-corrected chi connectivity index (χ3v) is 6.16. The van der Waals surface area contributed by atoms with E-state index in [1.165, 1.54) is 41.1 Å². The van der Waals surface area contributed by atoms with E-state index in [2.05, 4.69) is 44.5 Å².